The van der Waals surface area contributed by atoms with Gasteiger partial charge in [0.05, 0.1) is 11.6 Å². The Morgan fingerprint density at radius 2 is 2.00 bits per heavy atom. The van der Waals surface area contributed by atoms with Gasteiger partial charge in [-0.2, -0.15) is 5.26 Å². The van der Waals surface area contributed by atoms with Crippen LogP contribution in [0.4, 0.5) is 0 Å². The summed E-state index contributed by atoms with van der Waals surface area (Å²) in [6.45, 7) is 1.90. The van der Waals surface area contributed by atoms with Gasteiger partial charge in [-0.25, -0.2) is 0 Å². The molecule has 3 aromatic rings. The number of hydrogen-bond acceptors (Lipinski definition) is 3. The van der Waals surface area contributed by atoms with Gasteiger partial charge in [0, 0.05) is 36.0 Å². The third kappa shape index (κ3) is 3.97. The van der Waals surface area contributed by atoms with E-state index in [1.807, 2.05) is 42.7 Å². The fraction of sp³-hybridized carbons (Fsp3) is 0.263. The lowest BCUT2D eigenvalue weighted by Crippen LogP contribution is -2.14. The van der Waals surface area contributed by atoms with E-state index in [2.05, 4.69) is 27.6 Å². The SMILES string of the molecule is N#Cc1ccc2[nH]cc(CCCCNCc3ccncc3)c2c1. The van der Waals surface area contributed by atoms with E-state index in [-0.39, 0.29) is 0 Å². The Kier molecular flexibility index (Phi) is 5.02. The van der Waals surface area contributed by atoms with E-state index in [1.54, 1.807) is 0 Å². The minimum atomic E-state index is 0.720. The number of hydrogen-bond donors (Lipinski definition) is 2. The van der Waals surface area contributed by atoms with Crippen LogP contribution in [0.1, 0.15) is 29.5 Å². The van der Waals surface area contributed by atoms with Gasteiger partial charge in [-0.3, -0.25) is 4.98 Å². The highest BCUT2D eigenvalue weighted by molar-refractivity contribution is 5.84. The molecular weight excluding hydrogens is 284 g/mol. The van der Waals surface area contributed by atoms with Crippen molar-refractivity contribution in [2.75, 3.05) is 6.54 Å². The van der Waals surface area contributed by atoms with Gasteiger partial charge in [0.25, 0.3) is 0 Å². The average Bonchev–Trinajstić information content (AvgIpc) is 3.01. The van der Waals surface area contributed by atoms with E-state index >= 15 is 0 Å². The number of benzene rings is 1. The Balaban J connectivity index is 1.45. The maximum absolute atomic E-state index is 9.02. The molecule has 0 aliphatic heterocycles. The van der Waals surface area contributed by atoms with Crippen molar-refractivity contribution in [2.45, 2.75) is 25.8 Å². The number of nitrogens with zero attached hydrogens (tertiary/aromatic N) is 2. The molecule has 0 fully saturated rings. The lowest BCUT2D eigenvalue weighted by atomic mass is 10.1. The summed E-state index contributed by atoms with van der Waals surface area (Å²) >= 11 is 0. The number of rotatable bonds is 7. The zero-order valence-corrected chi connectivity index (χ0v) is 13.0. The predicted octanol–water partition coefficient (Wildman–Crippen LogP) is 3.55. The van der Waals surface area contributed by atoms with Crippen LogP contribution in [0.25, 0.3) is 10.9 Å². The molecule has 0 radical (unpaired) electrons. The molecule has 2 N–H and O–H groups in total. The van der Waals surface area contributed by atoms with E-state index in [9.17, 15) is 0 Å². The quantitative estimate of drug-likeness (QED) is 0.656. The molecule has 0 atom stereocenters. The number of fused-ring (bicyclic) bond motifs is 1. The molecular formula is C19H20N4. The zero-order valence-electron chi connectivity index (χ0n) is 13.0. The van der Waals surface area contributed by atoms with Crippen molar-refractivity contribution in [2.24, 2.45) is 0 Å². The molecule has 0 aliphatic rings. The average molecular weight is 304 g/mol. The number of aromatic amines is 1. The first-order valence-corrected chi connectivity index (χ1v) is 7.96. The zero-order chi connectivity index (χ0) is 15.9. The summed E-state index contributed by atoms with van der Waals surface area (Å²) in [6, 6.07) is 12.1. The third-order valence-electron chi connectivity index (χ3n) is 4.02. The molecule has 2 heterocycles. The van der Waals surface area contributed by atoms with E-state index in [1.165, 1.54) is 16.5 Å². The van der Waals surface area contributed by atoms with Crippen molar-refractivity contribution in [3.05, 3.63) is 65.6 Å². The highest BCUT2D eigenvalue weighted by Crippen LogP contribution is 2.21. The fourth-order valence-electron chi connectivity index (χ4n) is 2.75. The number of H-pyrrole nitrogens is 1. The van der Waals surface area contributed by atoms with Gasteiger partial charge in [-0.05, 0) is 67.3 Å². The second-order valence-electron chi connectivity index (χ2n) is 5.68. The van der Waals surface area contributed by atoms with E-state index in [4.69, 9.17) is 5.26 Å². The largest absolute Gasteiger partial charge is 0.361 e. The Bertz CT molecular complexity index is 799. The topological polar surface area (TPSA) is 64.5 Å². The van der Waals surface area contributed by atoms with E-state index < -0.39 is 0 Å². The molecule has 23 heavy (non-hydrogen) atoms. The Morgan fingerprint density at radius 1 is 1.13 bits per heavy atom. The molecule has 0 bridgehead atoms. The van der Waals surface area contributed by atoms with Crippen LogP contribution in [0.3, 0.4) is 0 Å². The number of nitriles is 1. The van der Waals surface area contributed by atoms with Crippen molar-refractivity contribution in [1.29, 1.82) is 5.26 Å². The summed E-state index contributed by atoms with van der Waals surface area (Å²) in [5.74, 6) is 0. The number of nitrogens with one attached hydrogen (secondary N) is 2. The molecule has 1 aromatic carbocycles. The second kappa shape index (κ2) is 7.57. The summed E-state index contributed by atoms with van der Waals surface area (Å²) in [5.41, 5.74) is 4.39. The molecule has 2 aromatic heterocycles. The summed E-state index contributed by atoms with van der Waals surface area (Å²) in [7, 11) is 0. The minimum Gasteiger partial charge on any atom is -0.361 e. The van der Waals surface area contributed by atoms with Gasteiger partial charge in [0.2, 0.25) is 0 Å². The van der Waals surface area contributed by atoms with E-state index in [0.717, 1.165) is 43.4 Å². The highest BCUT2D eigenvalue weighted by atomic mass is 14.8. The van der Waals surface area contributed by atoms with Crippen LogP contribution in [0.2, 0.25) is 0 Å². The predicted molar refractivity (Wildman–Crippen MR) is 91.9 cm³/mol. The number of aromatic nitrogens is 2. The Morgan fingerprint density at radius 3 is 2.83 bits per heavy atom. The first-order valence-electron chi connectivity index (χ1n) is 7.96. The molecule has 0 saturated heterocycles. The smallest absolute Gasteiger partial charge is 0.0991 e. The van der Waals surface area contributed by atoms with Gasteiger partial charge in [-0.1, -0.05) is 0 Å². The van der Waals surface area contributed by atoms with Crippen molar-refractivity contribution in [3.63, 3.8) is 0 Å². The lowest BCUT2D eigenvalue weighted by molar-refractivity contribution is 0.623. The van der Waals surface area contributed by atoms with Gasteiger partial charge >= 0.3 is 0 Å². The lowest BCUT2D eigenvalue weighted by Gasteiger charge is -2.04. The minimum absolute atomic E-state index is 0.720. The molecule has 4 heteroatoms. The molecule has 0 amide bonds. The van der Waals surface area contributed by atoms with E-state index in [0.29, 0.717) is 0 Å². The van der Waals surface area contributed by atoms with Crippen LogP contribution < -0.4 is 5.32 Å². The molecule has 0 spiro atoms. The van der Waals surface area contributed by atoms with Gasteiger partial charge in [0.15, 0.2) is 0 Å². The first-order chi connectivity index (χ1) is 11.4. The molecule has 0 saturated carbocycles. The highest BCUT2D eigenvalue weighted by Gasteiger charge is 2.04. The van der Waals surface area contributed by atoms with Crippen molar-refractivity contribution < 1.29 is 0 Å². The molecule has 3 rings (SSSR count). The van der Waals surface area contributed by atoms with Crippen LogP contribution in [0.5, 0.6) is 0 Å². The van der Waals surface area contributed by atoms with Gasteiger partial charge in [0.1, 0.15) is 0 Å². The molecule has 116 valence electrons. The summed E-state index contributed by atoms with van der Waals surface area (Å²) < 4.78 is 0. The van der Waals surface area contributed by atoms with Crippen molar-refractivity contribution in [1.82, 2.24) is 15.3 Å². The maximum Gasteiger partial charge on any atom is 0.0991 e. The third-order valence-corrected chi connectivity index (χ3v) is 4.02. The Hall–Kier alpha value is -2.64. The normalized spacial score (nSPS) is 10.7. The number of pyridine rings is 1. The first kappa shape index (κ1) is 15.3. The second-order valence-corrected chi connectivity index (χ2v) is 5.68. The van der Waals surface area contributed by atoms with Gasteiger partial charge < -0.3 is 10.3 Å². The molecule has 0 aliphatic carbocycles. The maximum atomic E-state index is 9.02. The molecule has 4 nitrogen and oxygen atoms in total. The number of unbranched alkanes of at least 4 members (excludes halogenated alkanes) is 1. The van der Waals surface area contributed by atoms with Crippen molar-refractivity contribution >= 4 is 10.9 Å². The molecule has 0 unspecified atom stereocenters. The van der Waals surface area contributed by atoms with Gasteiger partial charge in [-0.15, -0.1) is 0 Å². The fourth-order valence-corrected chi connectivity index (χ4v) is 2.75. The summed E-state index contributed by atoms with van der Waals surface area (Å²) in [6.07, 6.45) is 9.01. The summed E-state index contributed by atoms with van der Waals surface area (Å²) in [4.78, 5) is 7.30. The Labute approximate surface area is 136 Å². The monoisotopic (exact) mass is 304 g/mol. The standard InChI is InChI=1S/C19H20N4/c20-12-16-4-5-19-18(11-16)17(14-23-19)3-1-2-8-22-13-15-6-9-21-10-7-15/h4-7,9-11,14,22-23H,1-3,8,13H2. The van der Waals surface area contributed by atoms with Crippen LogP contribution >= 0.6 is 0 Å². The summed E-state index contributed by atoms with van der Waals surface area (Å²) in [5, 5.41) is 13.7. The van der Waals surface area contributed by atoms with Crippen molar-refractivity contribution in [3.8, 4) is 6.07 Å². The van der Waals surface area contributed by atoms with Crippen LogP contribution in [-0.2, 0) is 13.0 Å². The van der Waals surface area contributed by atoms with Crippen LogP contribution in [0, 0.1) is 11.3 Å². The van der Waals surface area contributed by atoms with Crippen LogP contribution in [0.15, 0.2) is 48.9 Å². The number of aryl methyl sites for hydroxylation is 1. The van der Waals surface area contributed by atoms with Crippen LogP contribution in [-0.4, -0.2) is 16.5 Å².